The van der Waals surface area contributed by atoms with E-state index in [4.69, 9.17) is 11.6 Å². The summed E-state index contributed by atoms with van der Waals surface area (Å²) in [5, 5.41) is 6.51. The van der Waals surface area contributed by atoms with Crippen LogP contribution in [0.4, 0.5) is 5.69 Å². The minimum Gasteiger partial charge on any atom is -0.381 e. The van der Waals surface area contributed by atoms with Gasteiger partial charge in [0.25, 0.3) is 11.8 Å². The average molecular weight is 396 g/mol. The van der Waals surface area contributed by atoms with Gasteiger partial charge in [-0.05, 0) is 48.7 Å². The first kappa shape index (κ1) is 18.3. The molecule has 0 radical (unpaired) electrons. The summed E-state index contributed by atoms with van der Waals surface area (Å²) in [5.74, 6) is -1.25. The van der Waals surface area contributed by atoms with Gasteiger partial charge in [0.2, 0.25) is 5.91 Å². The molecule has 0 bridgehead atoms. The Labute approximate surface area is 167 Å². The maximum atomic E-state index is 12.9. The van der Waals surface area contributed by atoms with Crippen LogP contribution in [0.25, 0.3) is 0 Å². The molecule has 0 aliphatic carbocycles. The molecule has 0 saturated carbocycles. The van der Waals surface area contributed by atoms with Crippen molar-refractivity contribution in [1.82, 2.24) is 10.2 Å². The highest BCUT2D eigenvalue weighted by Crippen LogP contribution is 2.30. The van der Waals surface area contributed by atoms with Crippen molar-refractivity contribution in [2.75, 3.05) is 5.32 Å². The number of nitrogens with zero attached hydrogens (tertiary/aromatic N) is 1. The van der Waals surface area contributed by atoms with E-state index in [-0.39, 0.29) is 5.91 Å². The van der Waals surface area contributed by atoms with E-state index < -0.39 is 17.9 Å². The van der Waals surface area contributed by atoms with Crippen molar-refractivity contribution < 1.29 is 14.4 Å². The van der Waals surface area contributed by atoms with Crippen molar-refractivity contribution >= 4 is 35.0 Å². The lowest BCUT2D eigenvalue weighted by molar-refractivity contribution is -0.125. The number of rotatable bonds is 4. The molecule has 28 heavy (non-hydrogen) atoms. The molecule has 2 aromatic rings. The summed E-state index contributed by atoms with van der Waals surface area (Å²) in [5.41, 5.74) is 2.93. The lowest BCUT2D eigenvalue weighted by Crippen LogP contribution is -2.51. The van der Waals surface area contributed by atoms with Gasteiger partial charge in [-0.15, -0.1) is 0 Å². The Kier molecular flexibility index (Phi) is 4.65. The standard InChI is InChI=1S/C21H18ClN3O3/c1-12-5-8-18(19(26)24-12)25-20(27)16-7-6-15(10-17(16)21(25)28)23-11-13-3-2-4-14(22)9-13/h2-4,6-7,9-10,18,23H,1,5,8,11H2,(H,24,26). The molecule has 2 aromatic carbocycles. The van der Waals surface area contributed by atoms with Gasteiger partial charge < -0.3 is 10.6 Å². The first-order valence-electron chi connectivity index (χ1n) is 8.93. The van der Waals surface area contributed by atoms with Crippen LogP contribution in [0, 0.1) is 0 Å². The Hall–Kier alpha value is -3.12. The molecule has 1 atom stereocenters. The smallest absolute Gasteiger partial charge is 0.262 e. The first-order valence-corrected chi connectivity index (χ1v) is 9.31. The van der Waals surface area contributed by atoms with Crippen LogP contribution in [0.15, 0.2) is 54.7 Å². The van der Waals surface area contributed by atoms with E-state index in [1.165, 1.54) is 0 Å². The number of anilines is 1. The van der Waals surface area contributed by atoms with Crippen molar-refractivity contribution in [3.8, 4) is 0 Å². The summed E-state index contributed by atoms with van der Waals surface area (Å²) in [6.07, 6.45) is 0.923. The second kappa shape index (κ2) is 7.13. The second-order valence-corrected chi connectivity index (χ2v) is 7.31. The summed E-state index contributed by atoms with van der Waals surface area (Å²) in [4.78, 5) is 38.9. The topological polar surface area (TPSA) is 78.5 Å². The lowest BCUT2D eigenvalue weighted by atomic mass is 10.0. The van der Waals surface area contributed by atoms with Gasteiger partial charge in [0.15, 0.2) is 0 Å². The first-order chi connectivity index (χ1) is 13.4. The SMILES string of the molecule is C=C1CCC(N2C(=O)c3ccc(NCc4cccc(Cl)c4)cc3C2=O)C(=O)N1. The zero-order valence-electron chi connectivity index (χ0n) is 15.0. The van der Waals surface area contributed by atoms with Gasteiger partial charge in [-0.3, -0.25) is 19.3 Å². The molecule has 7 heteroatoms. The average Bonchev–Trinajstić information content (AvgIpc) is 2.91. The molecule has 4 rings (SSSR count). The Morgan fingerprint density at radius 3 is 2.64 bits per heavy atom. The van der Waals surface area contributed by atoms with Crippen LogP contribution in [0.5, 0.6) is 0 Å². The third kappa shape index (κ3) is 3.27. The van der Waals surface area contributed by atoms with Crippen LogP contribution in [-0.4, -0.2) is 28.7 Å². The molecular formula is C21H18ClN3O3. The maximum absolute atomic E-state index is 12.9. The minimum atomic E-state index is -0.805. The van der Waals surface area contributed by atoms with Crippen LogP contribution in [-0.2, 0) is 11.3 Å². The summed E-state index contributed by atoms with van der Waals surface area (Å²) < 4.78 is 0. The van der Waals surface area contributed by atoms with E-state index >= 15 is 0 Å². The molecule has 142 valence electrons. The molecule has 2 aliphatic heterocycles. The summed E-state index contributed by atoms with van der Waals surface area (Å²) >= 11 is 6.00. The molecule has 2 aliphatic rings. The minimum absolute atomic E-state index is 0.304. The fraction of sp³-hybridized carbons (Fsp3) is 0.190. The van der Waals surface area contributed by atoms with Gasteiger partial charge in [-0.1, -0.05) is 30.3 Å². The summed E-state index contributed by atoms with van der Waals surface area (Å²) in [7, 11) is 0. The molecule has 0 spiro atoms. The number of benzene rings is 2. The largest absolute Gasteiger partial charge is 0.381 e. The molecular weight excluding hydrogens is 378 g/mol. The lowest BCUT2D eigenvalue weighted by Gasteiger charge is -2.29. The van der Waals surface area contributed by atoms with Crippen LogP contribution in [0.1, 0.15) is 39.1 Å². The Bertz CT molecular complexity index is 1020. The molecule has 2 heterocycles. The number of fused-ring (bicyclic) bond motifs is 1. The third-order valence-electron chi connectivity index (χ3n) is 4.94. The molecule has 1 unspecified atom stereocenters. The van der Waals surface area contributed by atoms with Gasteiger partial charge in [0, 0.05) is 23.0 Å². The van der Waals surface area contributed by atoms with E-state index in [2.05, 4.69) is 17.2 Å². The summed E-state index contributed by atoms with van der Waals surface area (Å²) in [6, 6.07) is 11.7. The normalized spacial score (nSPS) is 18.9. The Morgan fingerprint density at radius 2 is 1.89 bits per heavy atom. The van der Waals surface area contributed by atoms with Crippen molar-refractivity contribution in [2.45, 2.75) is 25.4 Å². The monoisotopic (exact) mass is 395 g/mol. The second-order valence-electron chi connectivity index (χ2n) is 6.87. The number of carbonyl (C=O) groups excluding carboxylic acids is 3. The highest BCUT2D eigenvalue weighted by atomic mass is 35.5. The van der Waals surface area contributed by atoms with E-state index in [1.54, 1.807) is 24.3 Å². The number of amides is 3. The number of hydrogen-bond donors (Lipinski definition) is 2. The third-order valence-corrected chi connectivity index (χ3v) is 5.17. The maximum Gasteiger partial charge on any atom is 0.262 e. The Balaban J connectivity index is 1.54. The van der Waals surface area contributed by atoms with E-state index in [1.807, 2.05) is 18.2 Å². The van der Waals surface area contributed by atoms with Gasteiger partial charge in [0.1, 0.15) is 6.04 Å². The number of allylic oxidation sites excluding steroid dienone is 1. The number of nitrogens with one attached hydrogen (secondary N) is 2. The van der Waals surface area contributed by atoms with Crippen LogP contribution >= 0.6 is 11.6 Å². The van der Waals surface area contributed by atoms with Gasteiger partial charge in [-0.25, -0.2) is 0 Å². The van der Waals surface area contributed by atoms with Gasteiger partial charge >= 0.3 is 0 Å². The molecule has 1 fully saturated rings. The highest BCUT2D eigenvalue weighted by molar-refractivity contribution is 6.30. The molecule has 1 saturated heterocycles. The number of hydrogen-bond acceptors (Lipinski definition) is 4. The zero-order chi connectivity index (χ0) is 19.8. The predicted octanol–water partition coefficient (Wildman–Crippen LogP) is 3.34. The van der Waals surface area contributed by atoms with Crippen molar-refractivity contribution in [3.05, 3.63) is 76.5 Å². The van der Waals surface area contributed by atoms with Crippen LogP contribution in [0.3, 0.4) is 0 Å². The molecule has 3 amide bonds. The number of imide groups is 1. The van der Waals surface area contributed by atoms with Gasteiger partial charge in [0.05, 0.1) is 11.1 Å². The Morgan fingerprint density at radius 1 is 1.11 bits per heavy atom. The zero-order valence-corrected chi connectivity index (χ0v) is 15.8. The number of halogens is 1. The van der Waals surface area contributed by atoms with E-state index in [0.717, 1.165) is 10.5 Å². The summed E-state index contributed by atoms with van der Waals surface area (Å²) in [6.45, 7) is 4.25. The van der Waals surface area contributed by atoms with Gasteiger partial charge in [-0.2, -0.15) is 0 Å². The van der Waals surface area contributed by atoms with Crippen molar-refractivity contribution in [2.24, 2.45) is 0 Å². The molecule has 6 nitrogen and oxygen atoms in total. The number of carbonyl (C=O) groups is 3. The fourth-order valence-electron chi connectivity index (χ4n) is 3.51. The quantitative estimate of drug-likeness (QED) is 0.778. The highest BCUT2D eigenvalue weighted by Gasteiger charge is 2.43. The predicted molar refractivity (Wildman–Crippen MR) is 106 cm³/mol. The van der Waals surface area contributed by atoms with Crippen molar-refractivity contribution in [3.63, 3.8) is 0 Å². The van der Waals surface area contributed by atoms with E-state index in [0.29, 0.717) is 46.9 Å². The van der Waals surface area contributed by atoms with Crippen molar-refractivity contribution in [1.29, 1.82) is 0 Å². The fourth-order valence-corrected chi connectivity index (χ4v) is 3.72. The van der Waals surface area contributed by atoms with Crippen LogP contribution in [0.2, 0.25) is 5.02 Å². The van der Waals surface area contributed by atoms with Crippen LogP contribution < -0.4 is 10.6 Å². The van der Waals surface area contributed by atoms with E-state index in [9.17, 15) is 14.4 Å². The number of piperidine rings is 1. The molecule has 2 N–H and O–H groups in total. The molecule has 0 aromatic heterocycles.